The molecule has 18 heavy (non-hydrogen) atoms. The minimum Gasteiger partial charge on any atom is -0.394 e. The molecule has 110 valence electrons. The fraction of sp³-hybridized carbons (Fsp3) is 0.800. The molecule has 0 aliphatic heterocycles. The van der Waals surface area contributed by atoms with Gasteiger partial charge in [0, 0.05) is 6.42 Å². The highest BCUT2D eigenvalue weighted by Crippen LogP contribution is 2.53. The smallest absolute Gasteiger partial charge is 0.394 e. The highest BCUT2D eigenvalue weighted by molar-refractivity contribution is 7.60. The standard InChI is InChI=1S/C5H10O4.H4O7P2/c6-2-1-4(8)5(9)3-7;1-8(2,3)7-9(4,5)6/h2,4-5,7-9H,1,3H2;(H2,1,2,3)(H2,4,5,6)/t4-,5+;/m0./s1. The average molecular weight is 312 g/mol. The number of hydrogen-bond acceptors (Lipinski definition) is 7. The van der Waals surface area contributed by atoms with Gasteiger partial charge in [-0.3, -0.25) is 0 Å². The van der Waals surface area contributed by atoms with Gasteiger partial charge >= 0.3 is 15.6 Å². The Labute approximate surface area is 101 Å². The van der Waals surface area contributed by atoms with Gasteiger partial charge < -0.3 is 39.7 Å². The third-order valence-electron chi connectivity index (χ3n) is 1.18. The van der Waals surface area contributed by atoms with E-state index >= 15 is 0 Å². The molecule has 0 rings (SSSR count). The minimum absolute atomic E-state index is 0.137. The maximum atomic E-state index is 9.68. The van der Waals surface area contributed by atoms with E-state index in [1.165, 1.54) is 0 Å². The van der Waals surface area contributed by atoms with E-state index in [0.29, 0.717) is 6.29 Å². The fourth-order valence-corrected chi connectivity index (χ4v) is 1.62. The van der Waals surface area contributed by atoms with Crippen molar-refractivity contribution in [1.82, 2.24) is 0 Å². The molecule has 0 saturated carbocycles. The van der Waals surface area contributed by atoms with Crippen LogP contribution < -0.4 is 0 Å². The molecular formula is C5H14O11P2. The lowest BCUT2D eigenvalue weighted by Gasteiger charge is -2.11. The molecule has 0 saturated heterocycles. The molecule has 0 radical (unpaired) electrons. The van der Waals surface area contributed by atoms with E-state index in [0.717, 1.165) is 0 Å². The average Bonchev–Trinajstić information content (AvgIpc) is 2.12. The summed E-state index contributed by atoms with van der Waals surface area (Å²) in [5.74, 6) is 0. The molecule has 0 aromatic heterocycles. The first kappa shape index (κ1) is 20.1. The summed E-state index contributed by atoms with van der Waals surface area (Å²) in [6.45, 7) is -0.519. The molecule has 0 amide bonds. The second-order valence-electron chi connectivity index (χ2n) is 2.78. The predicted molar refractivity (Wildman–Crippen MR) is 55.0 cm³/mol. The van der Waals surface area contributed by atoms with Crippen LogP contribution in [0.5, 0.6) is 0 Å². The highest BCUT2D eigenvalue weighted by Gasteiger charge is 2.27. The second kappa shape index (κ2) is 8.83. The van der Waals surface area contributed by atoms with Gasteiger partial charge in [0.25, 0.3) is 0 Å². The van der Waals surface area contributed by atoms with E-state index in [9.17, 15) is 13.9 Å². The largest absolute Gasteiger partial charge is 0.478 e. The molecule has 0 aromatic rings. The Hall–Kier alpha value is -0.190. The van der Waals surface area contributed by atoms with Gasteiger partial charge in [0.15, 0.2) is 0 Å². The van der Waals surface area contributed by atoms with E-state index in [4.69, 9.17) is 34.9 Å². The van der Waals surface area contributed by atoms with Crippen LogP contribution in [-0.2, 0) is 18.2 Å². The van der Waals surface area contributed by atoms with Crippen molar-refractivity contribution in [2.24, 2.45) is 0 Å². The number of aliphatic hydroxyl groups is 3. The van der Waals surface area contributed by atoms with Gasteiger partial charge in [-0.2, -0.15) is 4.31 Å². The van der Waals surface area contributed by atoms with E-state index in [1.54, 1.807) is 0 Å². The lowest BCUT2D eigenvalue weighted by Crippen LogP contribution is -2.29. The van der Waals surface area contributed by atoms with E-state index in [2.05, 4.69) is 4.31 Å². The zero-order valence-electron chi connectivity index (χ0n) is 8.80. The summed E-state index contributed by atoms with van der Waals surface area (Å²) >= 11 is 0. The zero-order valence-corrected chi connectivity index (χ0v) is 10.6. The van der Waals surface area contributed by atoms with Crippen molar-refractivity contribution in [1.29, 1.82) is 0 Å². The van der Waals surface area contributed by atoms with Gasteiger partial charge in [-0.25, -0.2) is 9.13 Å². The number of rotatable bonds is 6. The number of phosphoric acid groups is 2. The molecule has 0 heterocycles. The predicted octanol–water partition coefficient (Wildman–Crippen LogP) is -2.52. The fourth-order valence-electron chi connectivity index (χ4n) is 0.516. The summed E-state index contributed by atoms with van der Waals surface area (Å²) in [4.78, 5) is 40.7. The molecule has 0 spiro atoms. The van der Waals surface area contributed by atoms with Crippen molar-refractivity contribution in [2.45, 2.75) is 18.6 Å². The third kappa shape index (κ3) is 15.8. The summed E-state index contributed by atoms with van der Waals surface area (Å²) in [7, 11) is -10.1. The van der Waals surface area contributed by atoms with Crippen molar-refractivity contribution in [2.75, 3.05) is 6.61 Å². The Bertz CT molecular complexity index is 297. The van der Waals surface area contributed by atoms with Crippen molar-refractivity contribution in [3.63, 3.8) is 0 Å². The van der Waals surface area contributed by atoms with Gasteiger partial charge in [0.05, 0.1) is 12.7 Å². The van der Waals surface area contributed by atoms with Crippen LogP contribution in [0.25, 0.3) is 0 Å². The van der Waals surface area contributed by atoms with Crippen molar-refractivity contribution < 1.29 is 53.1 Å². The SMILES string of the molecule is O=CC[C@H](O)[C@H](O)CO.O=P(O)(O)OP(=O)(O)O. The topological polar surface area (TPSA) is 202 Å². The van der Waals surface area contributed by atoms with Crippen LogP contribution in [-0.4, -0.2) is 60.0 Å². The molecular weight excluding hydrogens is 298 g/mol. The molecule has 0 bridgehead atoms. The van der Waals surface area contributed by atoms with Crippen LogP contribution >= 0.6 is 15.6 Å². The van der Waals surface area contributed by atoms with Gasteiger partial charge in [-0.1, -0.05) is 0 Å². The monoisotopic (exact) mass is 312 g/mol. The normalized spacial score (nSPS) is 15.3. The Balaban J connectivity index is 0. The summed E-state index contributed by atoms with van der Waals surface area (Å²) in [5, 5.41) is 25.5. The Kier molecular flexibility index (Phi) is 9.88. The lowest BCUT2D eigenvalue weighted by molar-refractivity contribution is -0.111. The molecule has 0 aliphatic rings. The van der Waals surface area contributed by atoms with E-state index in [-0.39, 0.29) is 6.42 Å². The summed E-state index contributed by atoms with van der Waals surface area (Å²) < 4.78 is 22.2. The first-order chi connectivity index (χ1) is 7.93. The second-order valence-corrected chi connectivity index (χ2v) is 5.40. The molecule has 0 fully saturated rings. The van der Waals surface area contributed by atoms with Crippen LogP contribution in [0.3, 0.4) is 0 Å². The minimum atomic E-state index is -5.05. The molecule has 13 heteroatoms. The van der Waals surface area contributed by atoms with Gasteiger partial charge in [0.2, 0.25) is 0 Å². The van der Waals surface area contributed by atoms with Crippen molar-refractivity contribution in [3.05, 3.63) is 0 Å². The van der Waals surface area contributed by atoms with Crippen molar-refractivity contribution in [3.8, 4) is 0 Å². The Morgan fingerprint density at radius 1 is 1.00 bits per heavy atom. The van der Waals surface area contributed by atoms with Gasteiger partial charge in [-0.15, -0.1) is 0 Å². The molecule has 7 N–H and O–H groups in total. The number of aliphatic hydroxyl groups excluding tert-OH is 3. The first-order valence-electron chi connectivity index (χ1n) is 4.16. The lowest BCUT2D eigenvalue weighted by atomic mass is 10.2. The third-order valence-corrected chi connectivity index (χ3v) is 2.88. The summed E-state index contributed by atoms with van der Waals surface area (Å²) in [6.07, 6.45) is -1.98. The number of hydrogen-bond donors (Lipinski definition) is 7. The maximum absolute atomic E-state index is 9.68. The van der Waals surface area contributed by atoms with Crippen LogP contribution in [0.2, 0.25) is 0 Å². The molecule has 0 aromatic carbocycles. The first-order valence-corrected chi connectivity index (χ1v) is 7.22. The Morgan fingerprint density at radius 3 is 1.56 bits per heavy atom. The van der Waals surface area contributed by atoms with Crippen LogP contribution in [0.4, 0.5) is 0 Å². The molecule has 0 aliphatic carbocycles. The number of carbonyl (C=O) groups is 1. The van der Waals surface area contributed by atoms with E-state index in [1.807, 2.05) is 0 Å². The molecule has 2 atom stereocenters. The molecule has 11 nitrogen and oxygen atoms in total. The number of aldehydes is 1. The van der Waals surface area contributed by atoms with Crippen LogP contribution in [0, 0.1) is 0 Å². The van der Waals surface area contributed by atoms with Gasteiger partial charge in [-0.05, 0) is 0 Å². The zero-order chi connectivity index (χ0) is 15.0. The quantitative estimate of drug-likeness (QED) is 0.201. The summed E-state index contributed by atoms with van der Waals surface area (Å²) in [6, 6.07) is 0. The molecule has 0 unspecified atom stereocenters. The van der Waals surface area contributed by atoms with Crippen molar-refractivity contribution >= 4 is 21.9 Å². The van der Waals surface area contributed by atoms with Gasteiger partial charge in [0.1, 0.15) is 12.4 Å². The van der Waals surface area contributed by atoms with E-state index < -0.39 is 34.5 Å². The Morgan fingerprint density at radius 2 is 1.39 bits per heavy atom. The maximum Gasteiger partial charge on any atom is 0.478 e. The van der Waals surface area contributed by atoms with Crippen LogP contribution in [0.1, 0.15) is 6.42 Å². The summed E-state index contributed by atoms with van der Waals surface area (Å²) in [5.41, 5.74) is 0. The highest BCUT2D eigenvalue weighted by atomic mass is 31.3. The number of carbonyl (C=O) groups excluding carboxylic acids is 1. The van der Waals surface area contributed by atoms with Crippen LogP contribution in [0.15, 0.2) is 0 Å².